The lowest BCUT2D eigenvalue weighted by Gasteiger charge is -2.35. The van der Waals surface area contributed by atoms with E-state index in [1.807, 2.05) is 63.2 Å². The summed E-state index contributed by atoms with van der Waals surface area (Å²) in [4.78, 5) is 11.3. The SMILES string of the molecule is COc1ccc(C(Cc2ccccc2C=O)N([O])C(C)(C)C)cc1. The predicted octanol–water partition coefficient (Wildman–Crippen LogP) is 4.24. The van der Waals surface area contributed by atoms with E-state index in [-0.39, 0.29) is 6.04 Å². The molecule has 0 spiro atoms. The first-order chi connectivity index (χ1) is 11.4. The van der Waals surface area contributed by atoms with Crippen LogP contribution in [-0.4, -0.2) is 24.0 Å². The lowest BCUT2D eigenvalue weighted by molar-refractivity contribution is -0.241. The molecule has 0 aromatic heterocycles. The van der Waals surface area contributed by atoms with Crippen molar-refractivity contribution in [2.24, 2.45) is 0 Å². The first kappa shape index (κ1) is 18.2. The molecule has 4 nitrogen and oxygen atoms in total. The zero-order valence-corrected chi connectivity index (χ0v) is 14.7. The molecular weight excluding hydrogens is 302 g/mol. The quantitative estimate of drug-likeness (QED) is 0.589. The number of ether oxygens (including phenoxy) is 1. The van der Waals surface area contributed by atoms with Crippen LogP contribution in [0, 0.1) is 0 Å². The highest BCUT2D eigenvalue weighted by Crippen LogP contribution is 2.31. The second kappa shape index (κ2) is 7.60. The molecule has 0 bridgehead atoms. The van der Waals surface area contributed by atoms with Gasteiger partial charge in [0, 0.05) is 11.1 Å². The van der Waals surface area contributed by atoms with Gasteiger partial charge < -0.3 is 4.74 Å². The monoisotopic (exact) mass is 326 g/mol. The van der Waals surface area contributed by atoms with Crippen LogP contribution in [-0.2, 0) is 11.6 Å². The molecule has 0 heterocycles. The smallest absolute Gasteiger partial charge is 0.150 e. The Morgan fingerprint density at radius 1 is 1.08 bits per heavy atom. The predicted molar refractivity (Wildman–Crippen MR) is 93.5 cm³/mol. The molecule has 127 valence electrons. The third kappa shape index (κ3) is 4.22. The highest BCUT2D eigenvalue weighted by molar-refractivity contribution is 5.77. The molecule has 24 heavy (non-hydrogen) atoms. The Bertz CT molecular complexity index is 674. The van der Waals surface area contributed by atoms with Crippen molar-refractivity contribution in [3.05, 3.63) is 65.2 Å². The number of rotatable bonds is 6. The summed E-state index contributed by atoms with van der Waals surface area (Å²) in [6.45, 7) is 5.67. The summed E-state index contributed by atoms with van der Waals surface area (Å²) >= 11 is 0. The van der Waals surface area contributed by atoms with Gasteiger partial charge in [0.05, 0.1) is 13.2 Å². The Morgan fingerprint density at radius 3 is 2.25 bits per heavy atom. The average molecular weight is 326 g/mol. The molecule has 0 aliphatic carbocycles. The molecule has 0 saturated carbocycles. The normalized spacial score (nSPS) is 12.9. The molecule has 2 rings (SSSR count). The summed E-state index contributed by atoms with van der Waals surface area (Å²) < 4.78 is 5.19. The van der Waals surface area contributed by atoms with Crippen LogP contribution in [0.5, 0.6) is 5.75 Å². The summed E-state index contributed by atoms with van der Waals surface area (Å²) in [5.74, 6) is 0.749. The fourth-order valence-electron chi connectivity index (χ4n) is 2.67. The lowest BCUT2D eigenvalue weighted by Crippen LogP contribution is -2.41. The zero-order chi connectivity index (χ0) is 17.7. The van der Waals surface area contributed by atoms with Crippen molar-refractivity contribution in [2.75, 3.05) is 7.11 Å². The molecule has 0 N–H and O–H groups in total. The summed E-state index contributed by atoms with van der Waals surface area (Å²) in [6, 6.07) is 14.5. The van der Waals surface area contributed by atoms with E-state index >= 15 is 0 Å². The second-order valence-electron chi connectivity index (χ2n) is 6.81. The lowest BCUT2D eigenvalue weighted by atomic mass is 9.93. The largest absolute Gasteiger partial charge is 0.497 e. The third-order valence-corrected chi connectivity index (χ3v) is 4.04. The van der Waals surface area contributed by atoms with Crippen LogP contribution in [0.1, 0.15) is 48.3 Å². The van der Waals surface area contributed by atoms with E-state index in [2.05, 4.69) is 0 Å². The number of methoxy groups -OCH3 is 1. The molecule has 0 amide bonds. The van der Waals surface area contributed by atoms with Crippen LogP contribution >= 0.6 is 0 Å². The maximum absolute atomic E-state index is 12.9. The highest BCUT2D eigenvalue weighted by atomic mass is 16.5. The number of benzene rings is 2. The second-order valence-corrected chi connectivity index (χ2v) is 6.81. The van der Waals surface area contributed by atoms with Crippen LogP contribution in [0.2, 0.25) is 0 Å². The van der Waals surface area contributed by atoms with Crippen molar-refractivity contribution in [1.29, 1.82) is 0 Å². The van der Waals surface area contributed by atoms with Gasteiger partial charge in [-0.2, -0.15) is 0 Å². The first-order valence-corrected chi connectivity index (χ1v) is 8.00. The van der Waals surface area contributed by atoms with E-state index < -0.39 is 5.54 Å². The van der Waals surface area contributed by atoms with Gasteiger partial charge in [-0.25, -0.2) is 0 Å². The van der Waals surface area contributed by atoms with E-state index in [4.69, 9.17) is 4.74 Å². The van der Waals surface area contributed by atoms with Gasteiger partial charge in [-0.3, -0.25) is 4.79 Å². The number of aldehydes is 1. The maximum Gasteiger partial charge on any atom is 0.150 e. The summed E-state index contributed by atoms with van der Waals surface area (Å²) in [7, 11) is 1.61. The van der Waals surface area contributed by atoms with Gasteiger partial charge in [-0.1, -0.05) is 36.4 Å². The molecule has 2 aromatic rings. The van der Waals surface area contributed by atoms with E-state index in [0.29, 0.717) is 12.0 Å². The Hall–Kier alpha value is -2.17. The fourth-order valence-corrected chi connectivity index (χ4v) is 2.67. The summed E-state index contributed by atoms with van der Waals surface area (Å²) in [5, 5.41) is 14.0. The van der Waals surface area contributed by atoms with E-state index in [1.54, 1.807) is 13.2 Å². The van der Waals surface area contributed by atoms with Gasteiger partial charge in [0.25, 0.3) is 0 Å². The minimum atomic E-state index is -0.541. The van der Waals surface area contributed by atoms with Gasteiger partial charge in [-0.05, 0) is 50.5 Å². The number of hydroxylamine groups is 2. The maximum atomic E-state index is 12.9. The molecule has 1 unspecified atom stereocenters. The van der Waals surface area contributed by atoms with Crippen molar-refractivity contribution >= 4 is 6.29 Å². The number of nitrogens with zero attached hydrogens (tertiary/aromatic N) is 1. The Balaban J connectivity index is 2.40. The Morgan fingerprint density at radius 2 is 1.71 bits per heavy atom. The van der Waals surface area contributed by atoms with Crippen molar-refractivity contribution < 1.29 is 14.7 Å². The molecule has 0 aliphatic rings. The van der Waals surface area contributed by atoms with Crippen molar-refractivity contribution in [1.82, 2.24) is 5.06 Å². The molecule has 1 radical (unpaired) electrons. The Labute approximate surface area is 143 Å². The van der Waals surface area contributed by atoms with Crippen LogP contribution in [0.4, 0.5) is 0 Å². The summed E-state index contributed by atoms with van der Waals surface area (Å²) in [5.41, 5.74) is 1.86. The fraction of sp³-hybridized carbons (Fsp3) is 0.350. The minimum Gasteiger partial charge on any atom is -0.497 e. The number of carbonyl (C=O) groups excluding carboxylic acids is 1. The van der Waals surface area contributed by atoms with Crippen molar-refractivity contribution in [3.8, 4) is 5.75 Å². The molecule has 0 fully saturated rings. The average Bonchev–Trinajstić information content (AvgIpc) is 2.58. The van der Waals surface area contributed by atoms with Gasteiger partial charge >= 0.3 is 0 Å². The third-order valence-electron chi connectivity index (χ3n) is 4.04. The van der Waals surface area contributed by atoms with Crippen LogP contribution < -0.4 is 4.74 Å². The van der Waals surface area contributed by atoms with Gasteiger partial charge in [0.15, 0.2) is 0 Å². The van der Waals surface area contributed by atoms with E-state index in [1.165, 1.54) is 0 Å². The number of carbonyl (C=O) groups is 1. The summed E-state index contributed by atoms with van der Waals surface area (Å²) in [6.07, 6.45) is 1.31. The van der Waals surface area contributed by atoms with Crippen molar-refractivity contribution in [3.63, 3.8) is 0 Å². The highest BCUT2D eigenvalue weighted by Gasteiger charge is 2.31. The molecule has 0 aliphatic heterocycles. The van der Waals surface area contributed by atoms with Gasteiger partial charge in [0.1, 0.15) is 12.0 Å². The van der Waals surface area contributed by atoms with Crippen LogP contribution in [0.25, 0.3) is 0 Å². The number of hydrogen-bond donors (Lipinski definition) is 0. The topological polar surface area (TPSA) is 49.4 Å². The van der Waals surface area contributed by atoms with E-state index in [9.17, 15) is 10.0 Å². The molecule has 4 heteroatoms. The standard InChI is InChI=1S/C20H24NO3/c1-20(2,3)21(23)19(15-9-11-18(24-4)12-10-15)13-16-7-5-6-8-17(16)14-22/h5-12,14,19H,13H2,1-4H3. The molecule has 0 saturated heterocycles. The van der Waals surface area contributed by atoms with E-state index in [0.717, 1.165) is 28.2 Å². The van der Waals surface area contributed by atoms with Crippen LogP contribution in [0.15, 0.2) is 48.5 Å². The first-order valence-electron chi connectivity index (χ1n) is 8.00. The number of hydrogen-bond acceptors (Lipinski definition) is 3. The zero-order valence-electron chi connectivity index (χ0n) is 14.7. The van der Waals surface area contributed by atoms with Gasteiger partial charge in [0.2, 0.25) is 0 Å². The molecule has 1 atom stereocenters. The van der Waals surface area contributed by atoms with Crippen LogP contribution in [0.3, 0.4) is 0 Å². The molecular formula is C20H24NO3. The molecule has 2 aromatic carbocycles. The Kier molecular flexibility index (Phi) is 5.75. The van der Waals surface area contributed by atoms with Gasteiger partial charge in [-0.15, -0.1) is 10.3 Å². The minimum absolute atomic E-state index is 0.378. The van der Waals surface area contributed by atoms with Crippen molar-refractivity contribution in [2.45, 2.75) is 38.8 Å².